The number of rotatable bonds is 2. The average Bonchev–Trinajstić information content (AvgIpc) is 2.64. The Hall–Kier alpha value is -0.700. The molecule has 2 N–H and O–H groups in total. The normalized spacial score (nSPS) is 20.5. The van der Waals surface area contributed by atoms with Gasteiger partial charge in [0.1, 0.15) is 15.7 Å². The number of amides is 1. The van der Waals surface area contributed by atoms with Crippen molar-refractivity contribution in [3.8, 4) is 0 Å². The van der Waals surface area contributed by atoms with Crippen LogP contribution in [-0.4, -0.2) is 31.1 Å². The summed E-state index contributed by atoms with van der Waals surface area (Å²) in [5.74, 6) is 0.0261. The second-order valence-electron chi connectivity index (χ2n) is 3.86. The molecule has 6 nitrogen and oxygen atoms in total. The lowest BCUT2D eigenvalue weighted by atomic mass is 10.4. The number of anilines is 1. The lowest BCUT2D eigenvalue weighted by Crippen LogP contribution is -2.32. The highest BCUT2D eigenvalue weighted by Crippen LogP contribution is 2.27. The van der Waals surface area contributed by atoms with E-state index < -0.39 is 15.3 Å². The van der Waals surface area contributed by atoms with Crippen LogP contribution in [0.25, 0.3) is 0 Å². The summed E-state index contributed by atoms with van der Waals surface area (Å²) in [4.78, 5) is 17.1. The molecule has 1 atom stereocenters. The summed E-state index contributed by atoms with van der Waals surface area (Å²) in [5.41, 5.74) is 0. The third kappa shape index (κ3) is 2.66. The van der Waals surface area contributed by atoms with Crippen LogP contribution in [0, 0.1) is 0 Å². The van der Waals surface area contributed by atoms with E-state index in [0.29, 0.717) is 15.4 Å². The maximum absolute atomic E-state index is 11.7. The van der Waals surface area contributed by atoms with Gasteiger partial charge in [-0.1, -0.05) is 11.6 Å². The summed E-state index contributed by atoms with van der Waals surface area (Å²) in [6.45, 7) is 0.0126. The van der Waals surface area contributed by atoms with Crippen LogP contribution in [0.15, 0.2) is 16.7 Å². The van der Waals surface area contributed by atoms with E-state index in [2.05, 4.69) is 20.9 Å². The number of primary sulfonamides is 1. The molecule has 1 aromatic rings. The first-order valence-electron chi connectivity index (χ1n) is 4.93. The number of carbonyl (C=O) groups is 1. The van der Waals surface area contributed by atoms with Gasteiger partial charge in [0, 0.05) is 13.0 Å². The molecule has 0 aromatic carbocycles. The van der Waals surface area contributed by atoms with E-state index in [1.54, 1.807) is 12.1 Å². The molecule has 0 aliphatic carbocycles. The van der Waals surface area contributed by atoms with Crippen LogP contribution in [0.3, 0.4) is 0 Å². The largest absolute Gasteiger partial charge is 0.295 e. The second-order valence-corrected chi connectivity index (χ2v) is 6.86. The van der Waals surface area contributed by atoms with E-state index in [0.717, 1.165) is 0 Å². The smallest absolute Gasteiger partial charge is 0.229 e. The highest BCUT2D eigenvalue weighted by molar-refractivity contribution is 9.10. The maximum Gasteiger partial charge on any atom is 0.229 e. The molecule has 1 amide bonds. The Morgan fingerprint density at radius 3 is 2.67 bits per heavy atom. The van der Waals surface area contributed by atoms with E-state index in [1.807, 2.05) is 0 Å². The molecular formula is C9H9BrClN3O3S. The van der Waals surface area contributed by atoms with Gasteiger partial charge in [-0.05, 0) is 28.1 Å². The van der Waals surface area contributed by atoms with E-state index in [4.69, 9.17) is 16.7 Å². The number of hydrogen-bond acceptors (Lipinski definition) is 4. The van der Waals surface area contributed by atoms with E-state index in [-0.39, 0.29) is 18.9 Å². The van der Waals surface area contributed by atoms with Crippen molar-refractivity contribution >= 4 is 49.3 Å². The van der Waals surface area contributed by atoms with Gasteiger partial charge in [-0.25, -0.2) is 18.5 Å². The van der Waals surface area contributed by atoms with Crippen molar-refractivity contribution in [1.82, 2.24) is 4.98 Å². The summed E-state index contributed by atoms with van der Waals surface area (Å²) in [6.07, 6.45) is -0.124. The molecule has 0 saturated carbocycles. The Bertz CT molecular complexity index is 607. The SMILES string of the molecule is NS(=O)(=O)C1CC(=O)N(c2ccc(Cl)c(Br)n2)C1. The molecule has 98 valence electrons. The first-order valence-corrected chi connectivity index (χ1v) is 7.71. The number of carbonyl (C=O) groups excluding carboxylic acids is 1. The third-order valence-corrected chi connectivity index (χ3v) is 5.00. The van der Waals surface area contributed by atoms with Crippen molar-refractivity contribution in [2.24, 2.45) is 5.14 Å². The molecule has 2 rings (SSSR count). The van der Waals surface area contributed by atoms with Crippen LogP contribution in [0.2, 0.25) is 5.02 Å². The number of aromatic nitrogens is 1. The maximum atomic E-state index is 11.7. The molecule has 2 heterocycles. The Morgan fingerprint density at radius 1 is 1.50 bits per heavy atom. The fourth-order valence-corrected chi connectivity index (χ4v) is 2.83. The predicted octanol–water partition coefficient (Wildman–Crippen LogP) is 0.891. The summed E-state index contributed by atoms with van der Waals surface area (Å²) in [7, 11) is -3.72. The van der Waals surface area contributed by atoms with Crippen molar-refractivity contribution in [1.29, 1.82) is 0 Å². The number of pyridine rings is 1. The number of halogens is 2. The van der Waals surface area contributed by atoms with Gasteiger partial charge in [0.15, 0.2) is 0 Å². The molecule has 1 fully saturated rings. The molecule has 18 heavy (non-hydrogen) atoms. The second kappa shape index (κ2) is 4.76. The summed E-state index contributed by atoms with van der Waals surface area (Å²) >= 11 is 8.94. The van der Waals surface area contributed by atoms with Crippen LogP contribution in [-0.2, 0) is 14.8 Å². The van der Waals surface area contributed by atoms with Crippen molar-refractivity contribution in [2.45, 2.75) is 11.7 Å². The van der Waals surface area contributed by atoms with Crippen LogP contribution < -0.4 is 10.0 Å². The molecule has 1 aromatic heterocycles. The van der Waals surface area contributed by atoms with E-state index in [1.165, 1.54) is 4.90 Å². The zero-order chi connectivity index (χ0) is 13.5. The third-order valence-electron chi connectivity index (χ3n) is 2.62. The lowest BCUT2D eigenvalue weighted by molar-refractivity contribution is -0.117. The van der Waals surface area contributed by atoms with Crippen LogP contribution >= 0.6 is 27.5 Å². The fourth-order valence-electron chi connectivity index (χ4n) is 1.67. The number of sulfonamides is 1. The minimum atomic E-state index is -3.72. The van der Waals surface area contributed by atoms with Crippen LogP contribution in [0.5, 0.6) is 0 Å². The fraction of sp³-hybridized carbons (Fsp3) is 0.333. The molecule has 0 bridgehead atoms. The molecule has 1 aliphatic rings. The van der Waals surface area contributed by atoms with Crippen molar-refractivity contribution in [3.63, 3.8) is 0 Å². The van der Waals surface area contributed by atoms with Crippen molar-refractivity contribution in [2.75, 3.05) is 11.4 Å². The van der Waals surface area contributed by atoms with Crippen LogP contribution in [0.4, 0.5) is 5.82 Å². The topological polar surface area (TPSA) is 93.4 Å². The summed E-state index contributed by atoms with van der Waals surface area (Å²) < 4.78 is 22.8. The standard InChI is InChI=1S/C9H9BrClN3O3S/c10-9-6(11)1-2-7(13-9)14-4-5(3-8(14)15)18(12,16)17/h1-2,5H,3-4H2,(H2,12,16,17). The molecule has 1 saturated heterocycles. The van der Waals surface area contributed by atoms with Gasteiger partial charge in [-0.2, -0.15) is 0 Å². The zero-order valence-corrected chi connectivity index (χ0v) is 12.2. The van der Waals surface area contributed by atoms with Gasteiger partial charge in [0.2, 0.25) is 15.9 Å². The first-order chi connectivity index (χ1) is 8.29. The minimum absolute atomic E-state index is 0.0126. The molecular weight excluding hydrogens is 346 g/mol. The Labute approximate surface area is 117 Å². The highest BCUT2D eigenvalue weighted by atomic mass is 79.9. The van der Waals surface area contributed by atoms with Gasteiger partial charge in [0.25, 0.3) is 0 Å². The predicted molar refractivity (Wildman–Crippen MR) is 70.8 cm³/mol. The van der Waals surface area contributed by atoms with Gasteiger partial charge in [0.05, 0.1) is 5.02 Å². The number of nitrogens with zero attached hydrogens (tertiary/aromatic N) is 2. The molecule has 0 radical (unpaired) electrons. The monoisotopic (exact) mass is 353 g/mol. The van der Waals surface area contributed by atoms with Gasteiger partial charge >= 0.3 is 0 Å². The number of nitrogens with two attached hydrogens (primary N) is 1. The lowest BCUT2D eigenvalue weighted by Gasteiger charge is -2.15. The van der Waals surface area contributed by atoms with Crippen molar-refractivity contribution in [3.05, 3.63) is 21.8 Å². The Kier molecular flexibility index (Phi) is 3.63. The molecule has 1 unspecified atom stereocenters. The Balaban J connectivity index is 2.30. The first kappa shape index (κ1) is 13.7. The molecule has 1 aliphatic heterocycles. The van der Waals surface area contributed by atoms with E-state index >= 15 is 0 Å². The Morgan fingerprint density at radius 2 is 2.17 bits per heavy atom. The van der Waals surface area contributed by atoms with E-state index in [9.17, 15) is 13.2 Å². The minimum Gasteiger partial charge on any atom is -0.295 e. The average molecular weight is 355 g/mol. The van der Waals surface area contributed by atoms with Crippen LogP contribution in [0.1, 0.15) is 6.42 Å². The molecule has 0 spiro atoms. The molecule has 9 heteroatoms. The van der Waals surface area contributed by atoms with Crippen molar-refractivity contribution < 1.29 is 13.2 Å². The highest BCUT2D eigenvalue weighted by Gasteiger charge is 2.37. The van der Waals surface area contributed by atoms with Gasteiger partial charge in [-0.3, -0.25) is 9.69 Å². The van der Waals surface area contributed by atoms with Gasteiger partial charge < -0.3 is 0 Å². The summed E-state index contributed by atoms with van der Waals surface area (Å²) in [5, 5.41) is 4.56. The van der Waals surface area contributed by atoms with Gasteiger partial charge in [-0.15, -0.1) is 0 Å². The summed E-state index contributed by atoms with van der Waals surface area (Å²) in [6, 6.07) is 3.13. The number of hydrogen-bond donors (Lipinski definition) is 1. The zero-order valence-electron chi connectivity index (χ0n) is 9.01. The quantitative estimate of drug-likeness (QED) is 0.798.